The Morgan fingerprint density at radius 3 is 2.56 bits per heavy atom. The first-order valence-corrected chi connectivity index (χ1v) is 6.29. The van der Waals surface area contributed by atoms with Gasteiger partial charge in [-0.05, 0) is 31.2 Å². The number of benzene rings is 1. The van der Waals surface area contributed by atoms with Gasteiger partial charge in [-0.15, -0.1) is 0 Å². The summed E-state index contributed by atoms with van der Waals surface area (Å²) < 4.78 is 5.44. The van der Waals surface area contributed by atoms with Crippen molar-refractivity contribution in [3.05, 3.63) is 60.1 Å². The van der Waals surface area contributed by atoms with Crippen LogP contribution in [0.2, 0.25) is 0 Å². The first-order valence-electron chi connectivity index (χ1n) is 6.29. The Labute approximate surface area is 108 Å². The second kappa shape index (κ2) is 6.38. The zero-order valence-corrected chi connectivity index (χ0v) is 10.8. The monoisotopic (exact) mass is 244 g/mol. The predicted octanol–water partition coefficient (Wildman–Crippen LogP) is 2.45. The maximum atomic E-state index is 5.83. The number of nitrogens with zero attached hydrogens (tertiary/aromatic N) is 1. The van der Waals surface area contributed by atoms with E-state index in [1.165, 1.54) is 5.56 Å². The summed E-state index contributed by atoms with van der Waals surface area (Å²) in [6.07, 6.45) is 2.72. The lowest BCUT2D eigenvalue weighted by Gasteiger charge is -2.25. The fraction of sp³-hybridized carbons (Fsp3) is 0.333. The zero-order valence-electron chi connectivity index (χ0n) is 10.8. The van der Waals surface area contributed by atoms with E-state index in [0.29, 0.717) is 6.54 Å². The van der Waals surface area contributed by atoms with Crippen molar-refractivity contribution in [3.8, 4) is 0 Å². The topological polar surface area (TPSA) is 42.4 Å². The Balaban J connectivity index is 1.92. The molecule has 1 heterocycles. The predicted molar refractivity (Wildman–Crippen MR) is 73.3 cm³/mol. The van der Waals surface area contributed by atoms with Gasteiger partial charge in [0.05, 0.1) is 12.3 Å². The van der Waals surface area contributed by atoms with E-state index in [-0.39, 0.29) is 6.04 Å². The van der Waals surface area contributed by atoms with E-state index < -0.39 is 0 Å². The van der Waals surface area contributed by atoms with Crippen molar-refractivity contribution >= 4 is 0 Å². The normalized spacial score (nSPS) is 12.8. The lowest BCUT2D eigenvalue weighted by Crippen LogP contribution is -2.31. The summed E-state index contributed by atoms with van der Waals surface area (Å²) in [5, 5.41) is 0. The van der Waals surface area contributed by atoms with E-state index in [0.717, 1.165) is 18.7 Å². The van der Waals surface area contributed by atoms with Gasteiger partial charge in [0.2, 0.25) is 0 Å². The molecule has 1 aromatic heterocycles. The summed E-state index contributed by atoms with van der Waals surface area (Å²) in [6, 6.07) is 14.5. The largest absolute Gasteiger partial charge is 0.468 e. The van der Waals surface area contributed by atoms with Crippen molar-refractivity contribution in [1.82, 2.24) is 4.90 Å². The minimum absolute atomic E-state index is 0.156. The molecule has 0 fully saturated rings. The number of hydrogen-bond donors (Lipinski definition) is 1. The molecule has 96 valence electrons. The molecule has 1 atom stereocenters. The van der Waals surface area contributed by atoms with Gasteiger partial charge >= 0.3 is 0 Å². The van der Waals surface area contributed by atoms with Crippen molar-refractivity contribution < 1.29 is 4.42 Å². The molecule has 0 aliphatic carbocycles. The summed E-state index contributed by atoms with van der Waals surface area (Å²) in [5.74, 6) is 0.938. The molecule has 3 nitrogen and oxygen atoms in total. The minimum Gasteiger partial charge on any atom is -0.468 e. The van der Waals surface area contributed by atoms with Crippen LogP contribution in [0.25, 0.3) is 0 Å². The van der Waals surface area contributed by atoms with Crippen LogP contribution < -0.4 is 5.73 Å². The summed E-state index contributed by atoms with van der Waals surface area (Å²) in [6.45, 7) is 1.53. The molecule has 0 aliphatic rings. The molecule has 0 saturated carbocycles. The molecule has 1 aromatic carbocycles. The SMILES string of the molecule is CN(CCc1ccccc1)C(CN)c1ccco1. The van der Waals surface area contributed by atoms with Crippen LogP contribution in [0.5, 0.6) is 0 Å². The van der Waals surface area contributed by atoms with Gasteiger partial charge in [0.1, 0.15) is 5.76 Å². The Hall–Kier alpha value is -1.58. The Morgan fingerprint density at radius 2 is 1.94 bits per heavy atom. The van der Waals surface area contributed by atoms with Crippen LogP contribution in [0.3, 0.4) is 0 Å². The Bertz CT molecular complexity index is 439. The second-order valence-electron chi connectivity index (χ2n) is 4.48. The number of nitrogens with two attached hydrogens (primary N) is 1. The summed E-state index contributed by atoms with van der Waals surface area (Å²) >= 11 is 0. The highest BCUT2D eigenvalue weighted by atomic mass is 16.3. The molecular weight excluding hydrogens is 224 g/mol. The van der Waals surface area contributed by atoms with Crippen LogP contribution in [0.15, 0.2) is 53.1 Å². The molecule has 1 unspecified atom stereocenters. The van der Waals surface area contributed by atoms with Crippen molar-refractivity contribution in [2.45, 2.75) is 12.5 Å². The van der Waals surface area contributed by atoms with Crippen LogP contribution >= 0.6 is 0 Å². The van der Waals surface area contributed by atoms with Gasteiger partial charge in [0.25, 0.3) is 0 Å². The smallest absolute Gasteiger partial charge is 0.122 e. The highest BCUT2D eigenvalue weighted by molar-refractivity contribution is 5.15. The van der Waals surface area contributed by atoms with Crippen molar-refractivity contribution in [2.24, 2.45) is 5.73 Å². The quantitative estimate of drug-likeness (QED) is 0.848. The standard InChI is InChI=1S/C15H20N2O/c1-17(10-9-13-6-3-2-4-7-13)14(12-16)15-8-5-11-18-15/h2-8,11,14H,9-10,12,16H2,1H3. The van der Waals surface area contributed by atoms with Crippen molar-refractivity contribution in [1.29, 1.82) is 0 Å². The van der Waals surface area contributed by atoms with E-state index in [2.05, 4.69) is 36.2 Å². The molecular formula is C15H20N2O. The fourth-order valence-corrected chi connectivity index (χ4v) is 2.10. The van der Waals surface area contributed by atoms with Crippen LogP contribution in [0.4, 0.5) is 0 Å². The Kier molecular flexibility index (Phi) is 4.56. The first-order chi connectivity index (χ1) is 8.81. The van der Waals surface area contributed by atoms with E-state index in [4.69, 9.17) is 10.2 Å². The third-order valence-corrected chi connectivity index (χ3v) is 3.22. The lowest BCUT2D eigenvalue weighted by molar-refractivity contribution is 0.223. The third kappa shape index (κ3) is 3.22. The van der Waals surface area contributed by atoms with Gasteiger partial charge in [-0.25, -0.2) is 0 Å². The number of furan rings is 1. The number of likely N-dealkylation sites (N-methyl/N-ethyl adjacent to an activating group) is 1. The van der Waals surface area contributed by atoms with Crippen LogP contribution in [-0.4, -0.2) is 25.0 Å². The first kappa shape index (κ1) is 12.9. The maximum Gasteiger partial charge on any atom is 0.122 e. The molecule has 0 amide bonds. The van der Waals surface area contributed by atoms with Crippen molar-refractivity contribution in [2.75, 3.05) is 20.1 Å². The van der Waals surface area contributed by atoms with E-state index >= 15 is 0 Å². The third-order valence-electron chi connectivity index (χ3n) is 3.22. The molecule has 0 aliphatic heterocycles. The maximum absolute atomic E-state index is 5.83. The average Bonchev–Trinajstić information content (AvgIpc) is 2.92. The van der Waals surface area contributed by atoms with Crippen LogP contribution in [0, 0.1) is 0 Å². The number of rotatable bonds is 6. The molecule has 0 bridgehead atoms. The van der Waals surface area contributed by atoms with Gasteiger partial charge in [-0.1, -0.05) is 30.3 Å². The van der Waals surface area contributed by atoms with E-state index in [9.17, 15) is 0 Å². The van der Waals surface area contributed by atoms with Crippen molar-refractivity contribution in [3.63, 3.8) is 0 Å². The molecule has 18 heavy (non-hydrogen) atoms. The molecule has 0 spiro atoms. The Morgan fingerprint density at radius 1 is 1.17 bits per heavy atom. The zero-order chi connectivity index (χ0) is 12.8. The number of hydrogen-bond acceptors (Lipinski definition) is 3. The average molecular weight is 244 g/mol. The highest BCUT2D eigenvalue weighted by Crippen LogP contribution is 2.18. The minimum atomic E-state index is 0.156. The van der Waals surface area contributed by atoms with Crippen LogP contribution in [0.1, 0.15) is 17.4 Å². The van der Waals surface area contributed by atoms with Gasteiger partial charge in [-0.2, -0.15) is 0 Å². The second-order valence-corrected chi connectivity index (χ2v) is 4.48. The summed E-state index contributed by atoms with van der Waals surface area (Å²) in [5.41, 5.74) is 7.18. The van der Waals surface area contributed by atoms with Crippen LogP contribution in [-0.2, 0) is 6.42 Å². The lowest BCUT2D eigenvalue weighted by atomic mass is 10.1. The highest BCUT2D eigenvalue weighted by Gasteiger charge is 2.17. The summed E-state index contributed by atoms with van der Waals surface area (Å²) in [4.78, 5) is 2.24. The molecule has 2 aromatic rings. The van der Waals surface area contributed by atoms with E-state index in [1.807, 2.05) is 18.2 Å². The van der Waals surface area contributed by atoms with Gasteiger partial charge in [-0.3, -0.25) is 4.90 Å². The molecule has 2 rings (SSSR count). The molecule has 0 saturated heterocycles. The molecule has 2 N–H and O–H groups in total. The van der Waals surface area contributed by atoms with Gasteiger partial charge in [0, 0.05) is 13.1 Å². The van der Waals surface area contributed by atoms with Gasteiger partial charge < -0.3 is 10.2 Å². The molecule has 0 radical (unpaired) electrons. The van der Waals surface area contributed by atoms with E-state index in [1.54, 1.807) is 6.26 Å². The summed E-state index contributed by atoms with van der Waals surface area (Å²) in [7, 11) is 2.09. The molecule has 3 heteroatoms. The van der Waals surface area contributed by atoms with Gasteiger partial charge in [0.15, 0.2) is 0 Å². The fourth-order valence-electron chi connectivity index (χ4n) is 2.10.